The molecule has 2 heterocycles. The summed E-state index contributed by atoms with van der Waals surface area (Å²) in [5, 5.41) is 2.05. The van der Waals surface area contributed by atoms with Crippen molar-refractivity contribution < 1.29 is 9.18 Å². The molecule has 82 valence electrons. The van der Waals surface area contributed by atoms with Crippen molar-refractivity contribution in [3.8, 4) is 0 Å². The quantitative estimate of drug-likeness (QED) is 0.627. The second-order valence-corrected chi connectivity index (χ2v) is 3.68. The molecule has 2 rings (SSSR count). The topological polar surface area (TPSA) is 66.9 Å². The van der Waals surface area contributed by atoms with Gasteiger partial charge in [-0.3, -0.25) is 15.6 Å². The van der Waals surface area contributed by atoms with Crippen LogP contribution in [-0.4, -0.2) is 15.9 Å². The van der Waals surface area contributed by atoms with Gasteiger partial charge in [0.25, 0.3) is 5.91 Å². The first-order chi connectivity index (χ1) is 7.75. The maximum absolute atomic E-state index is 12.5. The van der Waals surface area contributed by atoms with Gasteiger partial charge in [-0.25, -0.2) is 9.97 Å². The molecule has 0 aliphatic heterocycles. The predicted molar refractivity (Wildman–Crippen MR) is 57.4 cm³/mol. The number of carbonyl (C=O) groups is 1. The molecule has 0 aromatic carbocycles. The SMILES string of the molecule is O=C(NNc1ccc(F)nc1)c1nccs1. The molecule has 16 heavy (non-hydrogen) atoms. The van der Waals surface area contributed by atoms with Gasteiger partial charge in [0.15, 0.2) is 5.01 Å². The number of hydrogen-bond donors (Lipinski definition) is 2. The summed E-state index contributed by atoms with van der Waals surface area (Å²) >= 11 is 1.23. The van der Waals surface area contributed by atoms with Crippen LogP contribution in [0.1, 0.15) is 9.80 Å². The third-order valence-electron chi connectivity index (χ3n) is 1.67. The van der Waals surface area contributed by atoms with E-state index >= 15 is 0 Å². The fourth-order valence-corrected chi connectivity index (χ4v) is 1.50. The monoisotopic (exact) mass is 238 g/mol. The van der Waals surface area contributed by atoms with Crippen molar-refractivity contribution in [2.75, 3.05) is 5.43 Å². The number of nitrogens with zero attached hydrogens (tertiary/aromatic N) is 2. The van der Waals surface area contributed by atoms with Gasteiger partial charge < -0.3 is 0 Å². The summed E-state index contributed by atoms with van der Waals surface area (Å²) in [6, 6.07) is 2.66. The highest BCUT2D eigenvalue weighted by Gasteiger charge is 2.06. The average Bonchev–Trinajstić information content (AvgIpc) is 2.81. The summed E-state index contributed by atoms with van der Waals surface area (Å²) in [6.07, 6.45) is 2.82. The molecule has 0 aliphatic rings. The molecule has 0 bridgehead atoms. The molecule has 2 aromatic rings. The molecule has 0 fully saturated rings. The van der Waals surface area contributed by atoms with Crippen LogP contribution < -0.4 is 10.9 Å². The highest BCUT2D eigenvalue weighted by Crippen LogP contribution is 2.05. The minimum atomic E-state index is -0.572. The van der Waals surface area contributed by atoms with Gasteiger partial charge in [-0.1, -0.05) is 0 Å². The molecule has 0 saturated heterocycles. The van der Waals surface area contributed by atoms with E-state index in [0.29, 0.717) is 10.7 Å². The standard InChI is InChI=1S/C9H7FN4OS/c10-7-2-1-6(5-12-7)13-14-8(15)9-11-3-4-16-9/h1-5,13H,(H,14,15). The van der Waals surface area contributed by atoms with Crippen LogP contribution >= 0.6 is 11.3 Å². The fraction of sp³-hybridized carbons (Fsp3) is 0. The molecule has 0 unspecified atom stereocenters. The van der Waals surface area contributed by atoms with E-state index in [0.717, 1.165) is 0 Å². The Morgan fingerprint density at radius 3 is 2.88 bits per heavy atom. The lowest BCUT2D eigenvalue weighted by Crippen LogP contribution is -2.29. The summed E-state index contributed by atoms with van der Waals surface area (Å²) in [5.41, 5.74) is 5.51. The number of aromatic nitrogens is 2. The van der Waals surface area contributed by atoms with E-state index in [4.69, 9.17) is 0 Å². The van der Waals surface area contributed by atoms with E-state index in [1.54, 1.807) is 11.6 Å². The molecule has 2 N–H and O–H groups in total. The molecule has 5 nitrogen and oxygen atoms in total. The maximum Gasteiger partial charge on any atom is 0.298 e. The largest absolute Gasteiger partial charge is 0.298 e. The zero-order valence-corrected chi connectivity index (χ0v) is 8.79. The van der Waals surface area contributed by atoms with Crippen molar-refractivity contribution in [1.82, 2.24) is 15.4 Å². The van der Waals surface area contributed by atoms with Gasteiger partial charge in [0.2, 0.25) is 5.95 Å². The Balaban J connectivity index is 1.93. The van der Waals surface area contributed by atoms with E-state index in [9.17, 15) is 9.18 Å². The van der Waals surface area contributed by atoms with Crippen LogP contribution in [0.5, 0.6) is 0 Å². The van der Waals surface area contributed by atoms with Crippen LogP contribution in [0.2, 0.25) is 0 Å². The molecule has 0 spiro atoms. The molecule has 7 heteroatoms. The number of anilines is 1. The first-order valence-corrected chi connectivity index (χ1v) is 5.21. The van der Waals surface area contributed by atoms with Crippen LogP contribution in [0.4, 0.5) is 10.1 Å². The minimum absolute atomic E-state index is 0.348. The van der Waals surface area contributed by atoms with Crippen molar-refractivity contribution in [2.45, 2.75) is 0 Å². The lowest BCUT2D eigenvalue weighted by atomic mass is 10.4. The first-order valence-electron chi connectivity index (χ1n) is 4.33. The number of halogens is 1. The lowest BCUT2D eigenvalue weighted by molar-refractivity contribution is 0.0962. The first kappa shape index (κ1) is 10.5. The van der Waals surface area contributed by atoms with Crippen LogP contribution in [-0.2, 0) is 0 Å². The molecule has 0 aliphatic carbocycles. The van der Waals surface area contributed by atoms with Crippen molar-refractivity contribution >= 4 is 22.9 Å². The number of nitrogens with one attached hydrogen (secondary N) is 2. The Labute approximate surface area is 94.3 Å². The number of thiazole rings is 1. The highest BCUT2D eigenvalue weighted by atomic mass is 32.1. The zero-order valence-electron chi connectivity index (χ0n) is 7.98. The third kappa shape index (κ3) is 2.51. The Morgan fingerprint density at radius 1 is 1.38 bits per heavy atom. The molecule has 0 radical (unpaired) electrons. The molecule has 2 aromatic heterocycles. The smallest absolute Gasteiger partial charge is 0.297 e. The number of hydrazine groups is 1. The van der Waals surface area contributed by atoms with E-state index in [1.807, 2.05) is 0 Å². The van der Waals surface area contributed by atoms with Crippen LogP contribution in [0.25, 0.3) is 0 Å². The van der Waals surface area contributed by atoms with Crippen molar-refractivity contribution in [1.29, 1.82) is 0 Å². The fourth-order valence-electron chi connectivity index (χ4n) is 0.968. The average molecular weight is 238 g/mol. The lowest BCUT2D eigenvalue weighted by Gasteiger charge is -2.05. The number of pyridine rings is 1. The molecule has 0 atom stereocenters. The van der Waals surface area contributed by atoms with Gasteiger partial charge >= 0.3 is 0 Å². The second kappa shape index (κ2) is 4.67. The summed E-state index contributed by atoms with van der Waals surface area (Å²) in [4.78, 5) is 18.7. The molecular formula is C9H7FN4OS. The zero-order chi connectivity index (χ0) is 11.4. The van der Waals surface area contributed by atoms with Gasteiger partial charge in [0, 0.05) is 11.6 Å². The van der Waals surface area contributed by atoms with E-state index in [1.165, 1.54) is 29.7 Å². The van der Waals surface area contributed by atoms with Crippen molar-refractivity contribution in [2.24, 2.45) is 0 Å². The highest BCUT2D eigenvalue weighted by molar-refractivity contribution is 7.11. The maximum atomic E-state index is 12.5. The van der Waals surface area contributed by atoms with E-state index in [-0.39, 0.29) is 5.91 Å². The summed E-state index contributed by atoms with van der Waals surface area (Å²) < 4.78 is 12.5. The normalized spacial score (nSPS) is 9.81. The number of hydrogen-bond acceptors (Lipinski definition) is 5. The van der Waals surface area contributed by atoms with Crippen LogP contribution in [0.15, 0.2) is 29.9 Å². The van der Waals surface area contributed by atoms with Gasteiger partial charge in [-0.05, 0) is 12.1 Å². The number of carbonyl (C=O) groups excluding carboxylic acids is 1. The van der Waals surface area contributed by atoms with E-state index in [2.05, 4.69) is 20.8 Å². The Hall–Kier alpha value is -2.02. The number of amides is 1. The summed E-state index contributed by atoms with van der Waals surface area (Å²) in [7, 11) is 0. The third-order valence-corrected chi connectivity index (χ3v) is 2.45. The van der Waals surface area contributed by atoms with Crippen LogP contribution in [0.3, 0.4) is 0 Å². The van der Waals surface area contributed by atoms with Crippen molar-refractivity contribution in [3.05, 3.63) is 40.9 Å². The predicted octanol–water partition coefficient (Wildman–Crippen LogP) is 1.43. The van der Waals surface area contributed by atoms with E-state index < -0.39 is 5.95 Å². The molecule has 1 amide bonds. The van der Waals surface area contributed by atoms with Crippen molar-refractivity contribution in [3.63, 3.8) is 0 Å². The van der Waals surface area contributed by atoms with Gasteiger partial charge in [0.05, 0.1) is 11.9 Å². The number of rotatable bonds is 3. The molecular weight excluding hydrogens is 231 g/mol. The minimum Gasteiger partial charge on any atom is -0.297 e. The van der Waals surface area contributed by atoms with Crippen LogP contribution in [0, 0.1) is 5.95 Å². The summed E-state index contributed by atoms with van der Waals surface area (Å²) in [6.45, 7) is 0. The van der Waals surface area contributed by atoms with Gasteiger partial charge in [-0.15, -0.1) is 11.3 Å². The molecule has 0 saturated carbocycles. The Kier molecular flexibility index (Phi) is 3.06. The Bertz CT molecular complexity index is 471. The summed E-state index contributed by atoms with van der Waals surface area (Å²) in [5.74, 6) is -0.920. The Morgan fingerprint density at radius 2 is 2.25 bits per heavy atom. The second-order valence-electron chi connectivity index (χ2n) is 2.79. The van der Waals surface area contributed by atoms with Gasteiger partial charge in [0.1, 0.15) is 0 Å². The van der Waals surface area contributed by atoms with Gasteiger partial charge in [-0.2, -0.15) is 4.39 Å².